The van der Waals surface area contributed by atoms with Gasteiger partial charge in [-0.1, -0.05) is 0 Å². The van der Waals surface area contributed by atoms with Gasteiger partial charge in [-0.05, 0) is 28.8 Å². The Morgan fingerprint density at radius 3 is 2.84 bits per heavy atom. The zero-order chi connectivity index (χ0) is 13.1. The molecule has 0 amide bonds. The number of halogens is 2. The molecule has 0 spiro atoms. The number of hydrogen-bond acceptors (Lipinski definition) is 4. The third-order valence-electron chi connectivity index (χ3n) is 3.76. The Hall–Kier alpha value is -0.140. The van der Waals surface area contributed by atoms with Crippen molar-refractivity contribution in [2.24, 2.45) is 12.8 Å². The van der Waals surface area contributed by atoms with E-state index in [9.17, 15) is 0 Å². The topological polar surface area (TPSA) is 56.3 Å². The van der Waals surface area contributed by atoms with Gasteiger partial charge in [-0.25, -0.2) is 0 Å². The van der Waals surface area contributed by atoms with Crippen molar-refractivity contribution in [1.29, 1.82) is 0 Å². The van der Waals surface area contributed by atoms with E-state index in [1.165, 1.54) is 5.69 Å². The van der Waals surface area contributed by atoms with Crippen molar-refractivity contribution in [1.82, 2.24) is 14.7 Å². The molecule has 1 aliphatic heterocycles. The van der Waals surface area contributed by atoms with Gasteiger partial charge in [0, 0.05) is 39.8 Å². The number of piperidine rings is 1. The van der Waals surface area contributed by atoms with Gasteiger partial charge in [0.05, 0.1) is 22.5 Å². The maximum atomic E-state index is 5.88. The molecule has 0 aliphatic carbocycles. The summed E-state index contributed by atoms with van der Waals surface area (Å²) in [5.41, 5.74) is 7.08. The molecule has 0 bridgehead atoms. The zero-order valence-corrected chi connectivity index (χ0v) is 13.8. The van der Waals surface area contributed by atoms with Gasteiger partial charge in [-0.2, -0.15) is 5.10 Å². The molecule has 2 unspecified atom stereocenters. The lowest BCUT2D eigenvalue weighted by atomic mass is 9.99. The van der Waals surface area contributed by atoms with Crippen molar-refractivity contribution < 1.29 is 4.74 Å². The van der Waals surface area contributed by atoms with Gasteiger partial charge in [-0.15, -0.1) is 12.4 Å². The van der Waals surface area contributed by atoms with Crippen molar-refractivity contribution >= 4 is 28.3 Å². The Morgan fingerprint density at radius 2 is 2.32 bits per heavy atom. The summed E-state index contributed by atoms with van der Waals surface area (Å²) in [6, 6.07) is 0.394. The summed E-state index contributed by atoms with van der Waals surface area (Å²) in [5, 5.41) is 4.25. The molecule has 5 nitrogen and oxygen atoms in total. The van der Waals surface area contributed by atoms with Crippen molar-refractivity contribution in [3.05, 3.63) is 16.4 Å². The SMILES string of the molecule is COC1CCN(Cc2c(Br)cnn2C)C(CN)C1.Cl. The molecule has 110 valence electrons. The predicted octanol–water partition coefficient (Wildman–Crippen LogP) is 1.54. The molecule has 0 radical (unpaired) electrons. The van der Waals surface area contributed by atoms with Crippen LogP contribution >= 0.6 is 28.3 Å². The summed E-state index contributed by atoms with van der Waals surface area (Å²) in [4.78, 5) is 2.43. The molecule has 1 aromatic heterocycles. The minimum Gasteiger partial charge on any atom is -0.381 e. The van der Waals surface area contributed by atoms with Gasteiger partial charge in [0.2, 0.25) is 0 Å². The molecule has 2 N–H and O–H groups in total. The summed E-state index contributed by atoms with van der Waals surface area (Å²) < 4.78 is 8.43. The molecule has 0 saturated carbocycles. The maximum absolute atomic E-state index is 5.88. The lowest BCUT2D eigenvalue weighted by Gasteiger charge is -2.38. The van der Waals surface area contributed by atoms with E-state index in [-0.39, 0.29) is 12.4 Å². The monoisotopic (exact) mass is 352 g/mol. The molecule has 7 heteroatoms. The first-order valence-corrected chi connectivity index (χ1v) is 7.08. The highest BCUT2D eigenvalue weighted by atomic mass is 79.9. The number of methoxy groups -OCH3 is 1. The number of hydrogen-bond donors (Lipinski definition) is 1. The summed E-state index contributed by atoms with van der Waals surface area (Å²) in [6.07, 6.45) is 4.28. The highest BCUT2D eigenvalue weighted by molar-refractivity contribution is 9.10. The van der Waals surface area contributed by atoms with Crippen LogP contribution in [0.2, 0.25) is 0 Å². The molecule has 1 aliphatic rings. The average molecular weight is 354 g/mol. The highest BCUT2D eigenvalue weighted by Gasteiger charge is 2.28. The second kappa shape index (κ2) is 7.59. The van der Waals surface area contributed by atoms with Crippen LogP contribution in [0, 0.1) is 0 Å². The first-order valence-electron chi connectivity index (χ1n) is 6.29. The van der Waals surface area contributed by atoms with Crippen molar-refractivity contribution in [2.45, 2.75) is 31.5 Å². The van der Waals surface area contributed by atoms with Crippen LogP contribution in [-0.2, 0) is 18.3 Å². The fourth-order valence-electron chi connectivity index (χ4n) is 2.54. The average Bonchev–Trinajstić information content (AvgIpc) is 2.71. The minimum atomic E-state index is 0. The van der Waals surface area contributed by atoms with Crippen LogP contribution in [0.15, 0.2) is 10.7 Å². The van der Waals surface area contributed by atoms with Crippen molar-refractivity contribution in [3.63, 3.8) is 0 Å². The lowest BCUT2D eigenvalue weighted by Crippen LogP contribution is -2.48. The van der Waals surface area contributed by atoms with Gasteiger partial charge >= 0.3 is 0 Å². The summed E-state index contributed by atoms with van der Waals surface area (Å²) in [6.45, 7) is 2.59. The van der Waals surface area contributed by atoms with Crippen molar-refractivity contribution in [2.75, 3.05) is 20.2 Å². The van der Waals surface area contributed by atoms with E-state index >= 15 is 0 Å². The lowest BCUT2D eigenvalue weighted by molar-refractivity contribution is 0.00934. The van der Waals surface area contributed by atoms with Gasteiger partial charge < -0.3 is 10.5 Å². The number of aryl methyl sites for hydroxylation is 1. The maximum Gasteiger partial charge on any atom is 0.0663 e. The van der Waals surface area contributed by atoms with Crippen LogP contribution in [0.1, 0.15) is 18.5 Å². The molecular weight excluding hydrogens is 332 g/mol. The van der Waals surface area contributed by atoms with E-state index in [1.54, 1.807) is 7.11 Å². The van der Waals surface area contributed by atoms with E-state index in [0.29, 0.717) is 18.7 Å². The fourth-order valence-corrected chi connectivity index (χ4v) is 3.01. The molecule has 19 heavy (non-hydrogen) atoms. The molecule has 0 aromatic carbocycles. The van der Waals surface area contributed by atoms with Crippen LogP contribution in [0.25, 0.3) is 0 Å². The number of rotatable bonds is 4. The van der Waals surface area contributed by atoms with Gasteiger partial charge in [0.15, 0.2) is 0 Å². The molecule has 2 atom stereocenters. The number of ether oxygens (including phenoxy) is 1. The Morgan fingerprint density at radius 1 is 1.58 bits per heavy atom. The summed E-state index contributed by atoms with van der Waals surface area (Å²) in [5.74, 6) is 0. The molecule has 2 heterocycles. The van der Waals surface area contributed by atoms with Crippen molar-refractivity contribution in [3.8, 4) is 0 Å². The summed E-state index contributed by atoms with van der Waals surface area (Å²) in [7, 11) is 3.76. The first-order chi connectivity index (χ1) is 8.65. The van der Waals surface area contributed by atoms with E-state index < -0.39 is 0 Å². The number of nitrogens with two attached hydrogens (primary N) is 1. The van der Waals surface area contributed by atoms with E-state index in [2.05, 4.69) is 25.9 Å². The summed E-state index contributed by atoms with van der Waals surface area (Å²) >= 11 is 3.55. The van der Waals surface area contributed by atoms with Crippen LogP contribution in [0.3, 0.4) is 0 Å². The molecule has 1 saturated heterocycles. The zero-order valence-electron chi connectivity index (χ0n) is 11.4. The smallest absolute Gasteiger partial charge is 0.0663 e. The van der Waals surface area contributed by atoms with Crippen LogP contribution in [0.5, 0.6) is 0 Å². The van der Waals surface area contributed by atoms with E-state index in [1.807, 2.05) is 17.9 Å². The van der Waals surface area contributed by atoms with Gasteiger partial charge in [0.1, 0.15) is 0 Å². The van der Waals surface area contributed by atoms with Gasteiger partial charge in [0.25, 0.3) is 0 Å². The second-order valence-corrected chi connectivity index (χ2v) is 5.66. The van der Waals surface area contributed by atoms with E-state index in [4.69, 9.17) is 10.5 Å². The Bertz CT molecular complexity index is 382. The molecule has 1 aromatic rings. The largest absolute Gasteiger partial charge is 0.381 e. The highest BCUT2D eigenvalue weighted by Crippen LogP contribution is 2.24. The molecule has 1 fully saturated rings. The van der Waals surface area contributed by atoms with Crippen LogP contribution < -0.4 is 5.73 Å². The molecular formula is C12H22BrClN4O. The van der Waals surface area contributed by atoms with Gasteiger partial charge in [-0.3, -0.25) is 9.58 Å². The normalized spacial score (nSPS) is 24.2. The number of likely N-dealkylation sites (tertiary alicyclic amines) is 1. The molecule has 2 rings (SSSR count). The fraction of sp³-hybridized carbons (Fsp3) is 0.750. The van der Waals surface area contributed by atoms with E-state index in [0.717, 1.165) is 30.4 Å². The number of nitrogens with zero attached hydrogens (tertiary/aromatic N) is 3. The Kier molecular flexibility index (Phi) is 6.76. The van der Waals surface area contributed by atoms with Crippen LogP contribution in [0.4, 0.5) is 0 Å². The van der Waals surface area contributed by atoms with Crippen LogP contribution in [-0.4, -0.2) is 47.0 Å². The second-order valence-electron chi connectivity index (χ2n) is 4.80. The quantitative estimate of drug-likeness (QED) is 0.892. The minimum absolute atomic E-state index is 0. The number of aromatic nitrogens is 2. The third kappa shape index (κ3) is 3.92. The third-order valence-corrected chi connectivity index (χ3v) is 4.42. The standard InChI is InChI=1S/C12H21BrN4O.ClH/c1-16-12(11(13)7-15-16)8-17-4-3-10(18-2)5-9(17)6-14;/h7,9-10H,3-6,8,14H2,1-2H3;1H. The Labute approximate surface area is 129 Å². The first kappa shape index (κ1) is 16.9. The predicted molar refractivity (Wildman–Crippen MR) is 81.4 cm³/mol. The Balaban J connectivity index is 0.00000180.